The fourth-order valence-corrected chi connectivity index (χ4v) is 6.81. The molecule has 0 saturated carbocycles. The van der Waals surface area contributed by atoms with Gasteiger partial charge in [0.05, 0.1) is 0 Å². The second-order valence-corrected chi connectivity index (χ2v) is 12.0. The fourth-order valence-electron chi connectivity index (χ4n) is 6.81. The van der Waals surface area contributed by atoms with E-state index in [2.05, 4.69) is 76.2 Å². The first-order valence-corrected chi connectivity index (χ1v) is 10.8. The lowest BCUT2D eigenvalue weighted by Crippen LogP contribution is -2.68. The zero-order valence-corrected chi connectivity index (χ0v) is 18.6. The molecule has 4 nitrogen and oxygen atoms in total. The number of nitrogens with zero attached hydrogens (tertiary/aromatic N) is 1. The van der Waals surface area contributed by atoms with Gasteiger partial charge in [-0.25, -0.2) is 0 Å². The highest BCUT2D eigenvalue weighted by atomic mass is 15.3. The molecule has 26 heavy (non-hydrogen) atoms. The van der Waals surface area contributed by atoms with E-state index in [1.807, 2.05) is 0 Å². The van der Waals surface area contributed by atoms with E-state index in [9.17, 15) is 0 Å². The van der Waals surface area contributed by atoms with E-state index < -0.39 is 0 Å². The van der Waals surface area contributed by atoms with Gasteiger partial charge in [-0.1, -0.05) is 0 Å². The highest BCUT2D eigenvalue weighted by Gasteiger charge is 2.46. The van der Waals surface area contributed by atoms with Crippen molar-refractivity contribution in [3.05, 3.63) is 0 Å². The summed E-state index contributed by atoms with van der Waals surface area (Å²) in [5, 5.41) is 11.5. The first kappa shape index (κ1) is 20.6. The molecule has 3 fully saturated rings. The van der Waals surface area contributed by atoms with Crippen molar-refractivity contribution in [3.8, 4) is 0 Å². The Kier molecular flexibility index (Phi) is 5.32. The highest BCUT2D eigenvalue weighted by molar-refractivity contribution is 5.05. The lowest BCUT2D eigenvalue weighted by Gasteiger charge is -2.56. The largest absolute Gasteiger partial charge is 0.314 e. The van der Waals surface area contributed by atoms with Crippen molar-refractivity contribution in [2.75, 3.05) is 19.6 Å². The van der Waals surface area contributed by atoms with Gasteiger partial charge in [-0.05, 0) is 87.0 Å². The predicted molar refractivity (Wildman–Crippen MR) is 112 cm³/mol. The molecule has 0 radical (unpaired) electrons. The van der Waals surface area contributed by atoms with E-state index >= 15 is 0 Å². The minimum atomic E-state index is 0.217. The van der Waals surface area contributed by atoms with Gasteiger partial charge >= 0.3 is 0 Å². The first-order valence-electron chi connectivity index (χ1n) is 10.8. The Hall–Kier alpha value is -0.160. The van der Waals surface area contributed by atoms with Crippen LogP contribution in [-0.4, -0.2) is 58.8 Å². The molecule has 152 valence electrons. The lowest BCUT2D eigenvalue weighted by atomic mass is 9.71. The Morgan fingerprint density at radius 1 is 0.692 bits per heavy atom. The van der Waals surface area contributed by atoms with E-state index in [1.165, 1.54) is 32.2 Å². The Bertz CT molecular complexity index is 430. The minimum absolute atomic E-state index is 0.217. The van der Waals surface area contributed by atoms with Gasteiger partial charge in [-0.2, -0.15) is 0 Å². The number of piperidine rings is 2. The maximum absolute atomic E-state index is 3.87. The number of piperazine rings is 1. The number of rotatable bonds is 2. The first-order chi connectivity index (χ1) is 11.8. The molecule has 0 amide bonds. The van der Waals surface area contributed by atoms with Crippen LogP contribution < -0.4 is 16.0 Å². The Labute approximate surface area is 162 Å². The van der Waals surface area contributed by atoms with Crippen molar-refractivity contribution in [1.82, 2.24) is 20.9 Å². The standard InChI is InChI=1S/C22H44N4/c1-19(2)11-16(12-20(3,4)24-19)18-15-23-9-10-26(18)17-13-21(5,6)25-22(7,8)14-17/h16-18,23-25H,9-15H2,1-8H3. The van der Waals surface area contributed by atoms with E-state index in [1.54, 1.807) is 0 Å². The van der Waals surface area contributed by atoms with Crippen LogP contribution in [0.3, 0.4) is 0 Å². The number of nitrogens with one attached hydrogen (secondary N) is 3. The maximum atomic E-state index is 3.87. The summed E-state index contributed by atoms with van der Waals surface area (Å²) in [5.41, 5.74) is 0.882. The molecule has 1 atom stereocenters. The molecular formula is C22H44N4. The van der Waals surface area contributed by atoms with Crippen molar-refractivity contribution >= 4 is 0 Å². The van der Waals surface area contributed by atoms with Crippen molar-refractivity contribution in [1.29, 1.82) is 0 Å². The Balaban J connectivity index is 1.82. The summed E-state index contributed by atoms with van der Waals surface area (Å²) in [7, 11) is 0. The average Bonchev–Trinajstić information content (AvgIpc) is 2.40. The van der Waals surface area contributed by atoms with Crippen molar-refractivity contribution in [2.24, 2.45) is 5.92 Å². The summed E-state index contributed by atoms with van der Waals surface area (Å²) >= 11 is 0. The second kappa shape index (κ2) is 6.72. The Morgan fingerprint density at radius 3 is 1.65 bits per heavy atom. The SMILES string of the molecule is CC1(C)CC(C2CNCCN2C2CC(C)(C)NC(C)(C)C2)CC(C)(C)N1. The van der Waals surface area contributed by atoms with Gasteiger partial charge in [0.15, 0.2) is 0 Å². The van der Waals surface area contributed by atoms with Crippen LogP contribution in [-0.2, 0) is 0 Å². The van der Waals surface area contributed by atoms with E-state index in [0.29, 0.717) is 12.1 Å². The quantitative estimate of drug-likeness (QED) is 0.704. The molecule has 0 bridgehead atoms. The summed E-state index contributed by atoms with van der Waals surface area (Å²) < 4.78 is 0. The predicted octanol–water partition coefficient (Wildman–Crippen LogP) is 3.13. The number of hydrogen-bond acceptors (Lipinski definition) is 4. The second-order valence-electron chi connectivity index (χ2n) is 12.0. The molecule has 0 aromatic carbocycles. The van der Waals surface area contributed by atoms with E-state index in [4.69, 9.17) is 0 Å². The van der Waals surface area contributed by atoms with Crippen LogP contribution in [0.5, 0.6) is 0 Å². The zero-order valence-electron chi connectivity index (χ0n) is 18.6. The van der Waals surface area contributed by atoms with E-state index in [0.717, 1.165) is 19.0 Å². The Morgan fingerprint density at radius 2 is 1.15 bits per heavy atom. The fraction of sp³-hybridized carbons (Fsp3) is 1.00. The van der Waals surface area contributed by atoms with Gasteiger partial charge in [0.1, 0.15) is 0 Å². The molecule has 3 rings (SSSR count). The summed E-state index contributed by atoms with van der Waals surface area (Å²) in [6.07, 6.45) is 5.06. The molecule has 0 spiro atoms. The highest BCUT2D eigenvalue weighted by Crippen LogP contribution is 2.39. The average molecular weight is 365 g/mol. The van der Waals surface area contributed by atoms with Gasteiger partial charge in [0, 0.05) is 53.9 Å². The van der Waals surface area contributed by atoms with Gasteiger partial charge in [-0.15, -0.1) is 0 Å². The summed E-state index contributed by atoms with van der Waals surface area (Å²) in [6.45, 7) is 22.6. The molecule has 3 N–H and O–H groups in total. The van der Waals surface area contributed by atoms with Gasteiger partial charge < -0.3 is 16.0 Å². The zero-order chi connectivity index (χ0) is 19.4. The molecule has 0 aliphatic carbocycles. The van der Waals surface area contributed by atoms with Gasteiger partial charge in [0.2, 0.25) is 0 Å². The normalized spacial score (nSPS) is 35.3. The van der Waals surface area contributed by atoms with Crippen LogP contribution in [0.4, 0.5) is 0 Å². The number of hydrogen-bond donors (Lipinski definition) is 3. The lowest BCUT2D eigenvalue weighted by molar-refractivity contribution is -0.0170. The van der Waals surface area contributed by atoms with Crippen LogP contribution in [0.15, 0.2) is 0 Å². The minimum Gasteiger partial charge on any atom is -0.314 e. The van der Waals surface area contributed by atoms with Gasteiger partial charge in [0.25, 0.3) is 0 Å². The molecule has 3 saturated heterocycles. The van der Waals surface area contributed by atoms with Crippen molar-refractivity contribution in [3.63, 3.8) is 0 Å². The van der Waals surface area contributed by atoms with Crippen LogP contribution in [0.25, 0.3) is 0 Å². The molecular weight excluding hydrogens is 320 g/mol. The summed E-state index contributed by atoms with van der Waals surface area (Å²) in [6, 6.07) is 1.36. The smallest absolute Gasteiger partial charge is 0.0253 e. The van der Waals surface area contributed by atoms with Crippen LogP contribution in [0.1, 0.15) is 81.1 Å². The van der Waals surface area contributed by atoms with Crippen LogP contribution >= 0.6 is 0 Å². The molecule has 0 aromatic rings. The topological polar surface area (TPSA) is 39.3 Å². The molecule has 4 heteroatoms. The van der Waals surface area contributed by atoms with Crippen LogP contribution in [0, 0.1) is 5.92 Å². The molecule has 0 aromatic heterocycles. The molecule has 1 unspecified atom stereocenters. The molecule has 3 aliphatic heterocycles. The summed E-state index contributed by atoms with van der Waals surface area (Å²) in [5.74, 6) is 0.759. The van der Waals surface area contributed by atoms with Gasteiger partial charge in [-0.3, -0.25) is 4.90 Å². The van der Waals surface area contributed by atoms with Crippen LogP contribution in [0.2, 0.25) is 0 Å². The van der Waals surface area contributed by atoms with Crippen molar-refractivity contribution in [2.45, 2.75) is 115 Å². The van der Waals surface area contributed by atoms with E-state index in [-0.39, 0.29) is 22.2 Å². The third-order valence-electron chi connectivity index (χ3n) is 6.73. The molecule has 3 heterocycles. The molecule has 3 aliphatic rings. The maximum Gasteiger partial charge on any atom is 0.0253 e. The summed E-state index contributed by atoms with van der Waals surface area (Å²) in [4.78, 5) is 2.91. The third-order valence-corrected chi connectivity index (χ3v) is 6.73. The third kappa shape index (κ3) is 4.81. The monoisotopic (exact) mass is 364 g/mol. The van der Waals surface area contributed by atoms with Crippen molar-refractivity contribution < 1.29 is 0 Å².